The second kappa shape index (κ2) is 11.6. The maximum Gasteiger partial charge on any atom is 0.409 e. The van der Waals surface area contributed by atoms with Crippen molar-refractivity contribution in [2.24, 2.45) is 0 Å². The number of carbonyl (C=O) groups is 1. The van der Waals surface area contributed by atoms with Crippen molar-refractivity contribution in [1.29, 1.82) is 0 Å². The van der Waals surface area contributed by atoms with Crippen LogP contribution in [-0.2, 0) is 17.8 Å². The van der Waals surface area contributed by atoms with Gasteiger partial charge in [0, 0.05) is 26.2 Å². The van der Waals surface area contributed by atoms with Crippen molar-refractivity contribution in [1.82, 2.24) is 4.98 Å². The molecule has 0 unspecified atom stereocenters. The molecule has 0 spiro atoms. The zero-order chi connectivity index (χ0) is 25.5. The van der Waals surface area contributed by atoms with Gasteiger partial charge in [-0.2, -0.15) is 0 Å². The maximum atomic E-state index is 16.2. The number of carboxylic acid groups (broad SMARTS) is 1. The summed E-state index contributed by atoms with van der Waals surface area (Å²) in [5.41, 5.74) is 2.14. The summed E-state index contributed by atoms with van der Waals surface area (Å²) in [5, 5.41) is 11.6. The van der Waals surface area contributed by atoms with Gasteiger partial charge in [0.2, 0.25) is 0 Å². The molecule has 9 nitrogen and oxygen atoms in total. The molecule has 1 aliphatic rings. The zero-order valence-electron chi connectivity index (χ0n) is 20.2. The fourth-order valence-corrected chi connectivity index (χ4v) is 4.10. The van der Waals surface area contributed by atoms with E-state index in [0.29, 0.717) is 39.4 Å². The third-order valence-electron chi connectivity index (χ3n) is 5.91. The molecule has 0 bridgehead atoms. The first-order chi connectivity index (χ1) is 17.5. The lowest BCUT2D eigenvalue weighted by molar-refractivity contribution is 0.122. The summed E-state index contributed by atoms with van der Waals surface area (Å²) in [6, 6.07) is 15.1. The minimum atomic E-state index is -1.29. The lowest BCUT2D eigenvalue weighted by Crippen LogP contribution is -2.38. The Bertz CT molecular complexity index is 1120. The molecule has 1 amide bonds. The van der Waals surface area contributed by atoms with Crippen LogP contribution in [0.25, 0.3) is 0 Å². The molecule has 2 heterocycles. The van der Waals surface area contributed by atoms with Crippen LogP contribution in [0.5, 0.6) is 11.5 Å². The van der Waals surface area contributed by atoms with E-state index in [0.717, 1.165) is 22.6 Å². The van der Waals surface area contributed by atoms with Crippen LogP contribution in [0.4, 0.5) is 26.4 Å². The number of anilines is 3. The van der Waals surface area contributed by atoms with Gasteiger partial charge < -0.3 is 29.1 Å². The molecule has 1 aliphatic heterocycles. The number of morpholine rings is 1. The Kier molecular flexibility index (Phi) is 8.06. The second-order valence-corrected chi connectivity index (χ2v) is 8.24. The molecular formula is C26H29FN4O5. The first-order valence-corrected chi connectivity index (χ1v) is 11.5. The van der Waals surface area contributed by atoms with Crippen molar-refractivity contribution < 1.29 is 28.5 Å². The minimum absolute atomic E-state index is 0.0968. The van der Waals surface area contributed by atoms with Crippen molar-refractivity contribution in [2.75, 3.05) is 55.6 Å². The van der Waals surface area contributed by atoms with E-state index in [2.05, 4.69) is 10.3 Å². The Morgan fingerprint density at radius 1 is 1.03 bits per heavy atom. The predicted molar refractivity (Wildman–Crippen MR) is 135 cm³/mol. The third-order valence-corrected chi connectivity index (χ3v) is 5.91. The molecule has 4 rings (SSSR count). The van der Waals surface area contributed by atoms with Gasteiger partial charge in [-0.1, -0.05) is 24.3 Å². The van der Waals surface area contributed by atoms with Crippen LogP contribution in [0.3, 0.4) is 0 Å². The van der Waals surface area contributed by atoms with E-state index in [4.69, 9.17) is 14.2 Å². The Labute approximate surface area is 209 Å². The number of ether oxygens (including phenoxy) is 3. The van der Waals surface area contributed by atoms with Gasteiger partial charge >= 0.3 is 6.09 Å². The average molecular weight is 497 g/mol. The number of rotatable bonds is 9. The first-order valence-electron chi connectivity index (χ1n) is 11.5. The van der Waals surface area contributed by atoms with Crippen molar-refractivity contribution in [3.63, 3.8) is 0 Å². The number of benzene rings is 2. The Morgan fingerprint density at radius 3 is 2.03 bits per heavy atom. The summed E-state index contributed by atoms with van der Waals surface area (Å²) in [6.07, 6.45) is 0.0820. The molecule has 1 fully saturated rings. The fourth-order valence-electron chi connectivity index (χ4n) is 4.10. The molecular weight excluding hydrogens is 467 g/mol. The van der Waals surface area contributed by atoms with Crippen LogP contribution in [0.2, 0.25) is 0 Å². The van der Waals surface area contributed by atoms with Gasteiger partial charge in [-0.15, -0.1) is 0 Å². The summed E-state index contributed by atoms with van der Waals surface area (Å²) in [6.45, 7) is 2.45. The van der Waals surface area contributed by atoms with E-state index in [9.17, 15) is 9.90 Å². The molecule has 2 aromatic carbocycles. The summed E-state index contributed by atoms with van der Waals surface area (Å²) in [7, 11) is 3.20. The van der Waals surface area contributed by atoms with E-state index >= 15 is 4.39 Å². The third kappa shape index (κ3) is 5.95. The van der Waals surface area contributed by atoms with Crippen LogP contribution >= 0.6 is 0 Å². The minimum Gasteiger partial charge on any atom is -0.497 e. The first kappa shape index (κ1) is 25.1. The quantitative estimate of drug-likeness (QED) is 0.451. The largest absolute Gasteiger partial charge is 0.497 e. The van der Waals surface area contributed by atoms with Crippen molar-refractivity contribution in [3.05, 3.63) is 71.7 Å². The van der Waals surface area contributed by atoms with Gasteiger partial charge in [0.05, 0.1) is 39.3 Å². The highest BCUT2D eigenvalue weighted by Gasteiger charge is 2.26. The van der Waals surface area contributed by atoms with Crippen molar-refractivity contribution >= 4 is 23.3 Å². The average Bonchev–Trinajstić information content (AvgIpc) is 2.89. The second-order valence-electron chi connectivity index (χ2n) is 8.24. The summed E-state index contributed by atoms with van der Waals surface area (Å²) in [5.74, 6) is 0.983. The Morgan fingerprint density at radius 2 is 1.56 bits per heavy atom. The van der Waals surface area contributed by atoms with Gasteiger partial charge in [-0.05, 0) is 35.4 Å². The number of nitrogens with zero attached hydrogens (tertiary/aromatic N) is 3. The van der Waals surface area contributed by atoms with Crippen LogP contribution in [0.1, 0.15) is 11.1 Å². The Hall–Kier alpha value is -4.05. The summed E-state index contributed by atoms with van der Waals surface area (Å²) < 4.78 is 32.1. The SMILES string of the molecule is COc1ccc(CN(Cc2ccc(OC)cc2)c2ncc(NC(=O)O)c(N3CCOCC3)c2F)cc1. The fraction of sp³-hybridized carbons (Fsp3) is 0.308. The van der Waals surface area contributed by atoms with E-state index in [1.807, 2.05) is 53.4 Å². The summed E-state index contributed by atoms with van der Waals surface area (Å²) in [4.78, 5) is 19.4. The molecule has 1 aromatic heterocycles. The molecule has 0 saturated carbocycles. The monoisotopic (exact) mass is 496 g/mol. The normalized spacial score (nSPS) is 13.2. The molecule has 0 atom stereocenters. The van der Waals surface area contributed by atoms with Crippen molar-refractivity contribution in [3.8, 4) is 11.5 Å². The zero-order valence-corrected chi connectivity index (χ0v) is 20.2. The van der Waals surface area contributed by atoms with E-state index < -0.39 is 11.9 Å². The number of amides is 1. The number of halogens is 1. The van der Waals surface area contributed by atoms with E-state index in [-0.39, 0.29) is 17.2 Å². The molecule has 0 radical (unpaired) electrons. The van der Waals surface area contributed by atoms with Crippen LogP contribution in [-0.4, -0.2) is 56.7 Å². The standard InChI is InChI=1S/C26H29FN4O5/c1-34-20-7-3-18(4-8-20)16-31(17-19-5-9-21(35-2)10-6-19)25-23(27)24(30-11-13-36-14-12-30)22(15-28-25)29-26(32)33/h3-10,15,29H,11-14,16-17H2,1-2H3,(H,32,33). The number of hydrogen-bond acceptors (Lipinski definition) is 7. The van der Waals surface area contributed by atoms with Gasteiger partial charge in [0.1, 0.15) is 17.2 Å². The summed E-state index contributed by atoms with van der Waals surface area (Å²) >= 11 is 0. The lowest BCUT2D eigenvalue weighted by Gasteiger charge is -2.32. The smallest absolute Gasteiger partial charge is 0.409 e. The highest BCUT2D eigenvalue weighted by atomic mass is 19.1. The Balaban J connectivity index is 1.74. The lowest BCUT2D eigenvalue weighted by atomic mass is 10.1. The van der Waals surface area contributed by atoms with Crippen LogP contribution < -0.4 is 24.6 Å². The molecule has 3 aromatic rings. The maximum absolute atomic E-state index is 16.2. The van der Waals surface area contributed by atoms with Gasteiger partial charge in [0.15, 0.2) is 11.6 Å². The molecule has 2 N–H and O–H groups in total. The predicted octanol–water partition coefficient (Wildman–Crippen LogP) is 4.37. The van der Waals surface area contributed by atoms with Gasteiger partial charge in [-0.25, -0.2) is 14.2 Å². The number of pyridine rings is 1. The number of aromatic nitrogens is 1. The number of hydrogen-bond donors (Lipinski definition) is 2. The molecule has 0 aliphatic carbocycles. The highest BCUT2D eigenvalue weighted by Crippen LogP contribution is 2.35. The van der Waals surface area contributed by atoms with Crippen LogP contribution in [0, 0.1) is 5.82 Å². The van der Waals surface area contributed by atoms with Crippen molar-refractivity contribution in [2.45, 2.75) is 13.1 Å². The van der Waals surface area contributed by atoms with Gasteiger partial charge in [-0.3, -0.25) is 5.32 Å². The molecule has 10 heteroatoms. The van der Waals surface area contributed by atoms with Crippen LogP contribution in [0.15, 0.2) is 54.7 Å². The number of nitrogens with one attached hydrogen (secondary N) is 1. The number of methoxy groups -OCH3 is 2. The molecule has 36 heavy (non-hydrogen) atoms. The molecule has 190 valence electrons. The van der Waals surface area contributed by atoms with E-state index in [1.165, 1.54) is 6.20 Å². The topological polar surface area (TPSA) is 96.4 Å². The van der Waals surface area contributed by atoms with Gasteiger partial charge in [0.25, 0.3) is 0 Å². The highest BCUT2D eigenvalue weighted by molar-refractivity contribution is 5.89. The molecule has 1 saturated heterocycles. The van der Waals surface area contributed by atoms with E-state index in [1.54, 1.807) is 19.1 Å².